The summed E-state index contributed by atoms with van der Waals surface area (Å²) in [4.78, 5) is 6.71. The van der Waals surface area contributed by atoms with Gasteiger partial charge in [0.25, 0.3) is 0 Å². The van der Waals surface area contributed by atoms with Gasteiger partial charge in [-0.15, -0.1) is 0 Å². The zero-order chi connectivity index (χ0) is 12.3. The fourth-order valence-electron chi connectivity index (χ4n) is 1.69. The fourth-order valence-corrected chi connectivity index (χ4v) is 1.69. The molecule has 0 N–H and O–H groups in total. The molecule has 0 amide bonds. The van der Waals surface area contributed by atoms with Gasteiger partial charge in [0.2, 0.25) is 5.89 Å². The number of oxazole rings is 1. The molecular weight excluding hydrogens is 212 g/mol. The minimum absolute atomic E-state index is 0.719. The predicted molar refractivity (Wildman–Crippen MR) is 68.9 cm³/mol. The van der Waals surface area contributed by atoms with Gasteiger partial charge in [-0.2, -0.15) is 0 Å². The number of hydrogen-bond acceptors (Lipinski definition) is 3. The van der Waals surface area contributed by atoms with E-state index in [9.17, 15) is 0 Å². The van der Waals surface area contributed by atoms with Crippen molar-refractivity contribution in [3.8, 4) is 11.5 Å². The monoisotopic (exact) mass is 230 g/mol. The van der Waals surface area contributed by atoms with Crippen LogP contribution in [-0.4, -0.2) is 30.5 Å². The van der Waals surface area contributed by atoms with Crippen molar-refractivity contribution in [3.05, 3.63) is 41.8 Å². The summed E-state index contributed by atoms with van der Waals surface area (Å²) in [6.07, 6.45) is 0.926. The SMILES string of the molecule is Cc1oc(-c2ccccc2)nc1CCN(C)C. The Balaban J connectivity index is 2.19. The molecule has 2 rings (SSSR count). The predicted octanol–water partition coefficient (Wildman–Crippen LogP) is 2.75. The second-order valence-corrected chi connectivity index (χ2v) is 4.44. The number of aromatic nitrogens is 1. The molecule has 90 valence electrons. The number of benzene rings is 1. The first kappa shape index (κ1) is 11.9. The van der Waals surface area contributed by atoms with E-state index < -0.39 is 0 Å². The van der Waals surface area contributed by atoms with Crippen molar-refractivity contribution in [2.75, 3.05) is 20.6 Å². The summed E-state index contributed by atoms with van der Waals surface area (Å²) in [5.74, 6) is 1.64. The van der Waals surface area contributed by atoms with Crippen LogP contribution in [0.2, 0.25) is 0 Å². The zero-order valence-electron chi connectivity index (χ0n) is 10.6. The zero-order valence-corrected chi connectivity index (χ0v) is 10.6. The lowest BCUT2D eigenvalue weighted by molar-refractivity contribution is 0.410. The number of nitrogens with zero attached hydrogens (tertiary/aromatic N) is 2. The maximum atomic E-state index is 5.70. The van der Waals surface area contributed by atoms with Crippen molar-refractivity contribution in [2.45, 2.75) is 13.3 Å². The van der Waals surface area contributed by atoms with Gasteiger partial charge in [0.1, 0.15) is 5.76 Å². The number of likely N-dealkylation sites (N-methyl/N-ethyl adjacent to an activating group) is 1. The lowest BCUT2D eigenvalue weighted by atomic mass is 10.2. The largest absolute Gasteiger partial charge is 0.441 e. The van der Waals surface area contributed by atoms with Crippen molar-refractivity contribution in [1.82, 2.24) is 9.88 Å². The van der Waals surface area contributed by atoms with Crippen LogP contribution >= 0.6 is 0 Å². The highest BCUT2D eigenvalue weighted by molar-refractivity contribution is 5.53. The molecule has 3 nitrogen and oxygen atoms in total. The number of hydrogen-bond donors (Lipinski definition) is 0. The molecule has 0 bridgehead atoms. The Morgan fingerprint density at radius 2 is 1.88 bits per heavy atom. The third kappa shape index (κ3) is 2.94. The summed E-state index contributed by atoms with van der Waals surface area (Å²) in [5, 5.41) is 0. The van der Waals surface area contributed by atoms with Gasteiger partial charge in [0, 0.05) is 18.5 Å². The Labute approximate surface area is 102 Å². The Bertz CT molecular complexity index is 474. The van der Waals surface area contributed by atoms with E-state index >= 15 is 0 Å². The molecule has 0 saturated heterocycles. The summed E-state index contributed by atoms with van der Waals surface area (Å²) in [6.45, 7) is 2.96. The first-order chi connectivity index (χ1) is 8.16. The van der Waals surface area contributed by atoms with E-state index in [2.05, 4.69) is 24.0 Å². The van der Waals surface area contributed by atoms with Gasteiger partial charge >= 0.3 is 0 Å². The highest BCUT2D eigenvalue weighted by Crippen LogP contribution is 2.21. The normalized spacial score (nSPS) is 11.1. The van der Waals surface area contributed by atoms with E-state index in [0.29, 0.717) is 0 Å². The molecule has 0 unspecified atom stereocenters. The minimum Gasteiger partial charge on any atom is -0.441 e. The molecule has 1 aromatic heterocycles. The molecule has 0 fully saturated rings. The quantitative estimate of drug-likeness (QED) is 0.808. The topological polar surface area (TPSA) is 29.3 Å². The van der Waals surface area contributed by atoms with E-state index in [0.717, 1.165) is 35.9 Å². The summed E-state index contributed by atoms with van der Waals surface area (Å²) in [5.41, 5.74) is 2.09. The second kappa shape index (κ2) is 5.15. The fraction of sp³-hybridized carbons (Fsp3) is 0.357. The van der Waals surface area contributed by atoms with Gasteiger partial charge in [-0.25, -0.2) is 4.98 Å². The maximum Gasteiger partial charge on any atom is 0.226 e. The van der Waals surface area contributed by atoms with E-state index in [4.69, 9.17) is 4.42 Å². The summed E-state index contributed by atoms with van der Waals surface area (Å²) < 4.78 is 5.70. The Morgan fingerprint density at radius 3 is 2.53 bits per heavy atom. The highest BCUT2D eigenvalue weighted by Gasteiger charge is 2.10. The van der Waals surface area contributed by atoms with Gasteiger partial charge in [-0.05, 0) is 33.2 Å². The van der Waals surface area contributed by atoms with Crippen molar-refractivity contribution in [2.24, 2.45) is 0 Å². The van der Waals surface area contributed by atoms with Gasteiger partial charge in [-0.3, -0.25) is 0 Å². The van der Waals surface area contributed by atoms with Crippen molar-refractivity contribution < 1.29 is 4.42 Å². The molecule has 0 aliphatic rings. The standard InChI is InChI=1S/C14H18N2O/c1-11-13(9-10-16(2)3)15-14(17-11)12-7-5-4-6-8-12/h4-8H,9-10H2,1-3H3. The smallest absolute Gasteiger partial charge is 0.226 e. The summed E-state index contributed by atoms with van der Waals surface area (Å²) in [6, 6.07) is 10.0. The molecule has 0 radical (unpaired) electrons. The third-order valence-corrected chi connectivity index (χ3v) is 2.71. The van der Waals surface area contributed by atoms with Crippen LogP contribution in [0.25, 0.3) is 11.5 Å². The van der Waals surface area contributed by atoms with Crippen molar-refractivity contribution in [3.63, 3.8) is 0 Å². The lowest BCUT2D eigenvalue weighted by Gasteiger charge is -2.06. The van der Waals surface area contributed by atoms with Gasteiger partial charge in [-0.1, -0.05) is 18.2 Å². The van der Waals surface area contributed by atoms with Gasteiger partial charge in [0.05, 0.1) is 5.69 Å². The molecular formula is C14H18N2O. The molecule has 0 saturated carbocycles. The van der Waals surface area contributed by atoms with Crippen LogP contribution in [0, 0.1) is 6.92 Å². The second-order valence-electron chi connectivity index (χ2n) is 4.44. The van der Waals surface area contributed by atoms with Crippen LogP contribution in [0.4, 0.5) is 0 Å². The van der Waals surface area contributed by atoms with Crippen LogP contribution < -0.4 is 0 Å². The summed E-state index contributed by atoms with van der Waals surface area (Å²) >= 11 is 0. The Morgan fingerprint density at radius 1 is 1.18 bits per heavy atom. The van der Waals surface area contributed by atoms with Gasteiger partial charge < -0.3 is 9.32 Å². The molecule has 17 heavy (non-hydrogen) atoms. The van der Waals surface area contributed by atoms with Crippen LogP contribution in [0.3, 0.4) is 0 Å². The lowest BCUT2D eigenvalue weighted by Crippen LogP contribution is -2.15. The molecule has 0 spiro atoms. The van der Waals surface area contributed by atoms with Crippen LogP contribution in [0.15, 0.2) is 34.7 Å². The first-order valence-corrected chi connectivity index (χ1v) is 5.83. The van der Waals surface area contributed by atoms with E-state index in [1.54, 1.807) is 0 Å². The molecule has 2 aromatic rings. The van der Waals surface area contributed by atoms with E-state index in [1.807, 2.05) is 37.3 Å². The average Bonchev–Trinajstić information content (AvgIpc) is 2.69. The Hall–Kier alpha value is -1.61. The minimum atomic E-state index is 0.719. The van der Waals surface area contributed by atoms with Crippen LogP contribution in [0.5, 0.6) is 0 Å². The molecule has 0 aliphatic carbocycles. The Kier molecular flexibility index (Phi) is 3.59. The maximum absolute atomic E-state index is 5.70. The molecule has 3 heteroatoms. The molecule has 0 atom stereocenters. The van der Waals surface area contributed by atoms with Crippen molar-refractivity contribution in [1.29, 1.82) is 0 Å². The van der Waals surface area contributed by atoms with Crippen molar-refractivity contribution >= 4 is 0 Å². The molecule has 1 heterocycles. The van der Waals surface area contributed by atoms with Crippen LogP contribution in [0.1, 0.15) is 11.5 Å². The molecule has 0 aliphatic heterocycles. The van der Waals surface area contributed by atoms with Gasteiger partial charge in [0.15, 0.2) is 0 Å². The summed E-state index contributed by atoms with van der Waals surface area (Å²) in [7, 11) is 4.13. The van der Waals surface area contributed by atoms with Crippen LogP contribution in [-0.2, 0) is 6.42 Å². The molecule has 1 aromatic carbocycles. The average molecular weight is 230 g/mol. The number of rotatable bonds is 4. The number of aryl methyl sites for hydroxylation is 1. The highest BCUT2D eigenvalue weighted by atomic mass is 16.4. The van der Waals surface area contributed by atoms with E-state index in [1.165, 1.54) is 0 Å². The first-order valence-electron chi connectivity index (χ1n) is 5.83. The third-order valence-electron chi connectivity index (χ3n) is 2.71. The van der Waals surface area contributed by atoms with E-state index in [-0.39, 0.29) is 0 Å².